The van der Waals surface area contributed by atoms with Crippen molar-refractivity contribution in [1.29, 1.82) is 0 Å². The Hall–Kier alpha value is -0.870. The molecule has 1 N–H and O–H groups in total. The second-order valence-electron chi connectivity index (χ2n) is 4.51. The molecule has 4 nitrogen and oxygen atoms in total. The van der Waals surface area contributed by atoms with Crippen LogP contribution >= 0.6 is 11.6 Å². The van der Waals surface area contributed by atoms with E-state index in [4.69, 9.17) is 16.7 Å². The summed E-state index contributed by atoms with van der Waals surface area (Å²) in [5.41, 5.74) is 0. The standard InChI is InChI=1S/C12H18ClN3O/c13-11-3-4-12(15-14-11)16-7-5-10(6-8-16)2-1-9-17/h3-4,10,17H,1-2,5-9H2. The molecule has 0 amide bonds. The van der Waals surface area contributed by atoms with Gasteiger partial charge in [-0.05, 0) is 43.7 Å². The molecule has 0 bridgehead atoms. The largest absolute Gasteiger partial charge is 0.396 e. The van der Waals surface area contributed by atoms with Gasteiger partial charge in [0.2, 0.25) is 0 Å². The fourth-order valence-electron chi connectivity index (χ4n) is 2.31. The molecule has 0 radical (unpaired) electrons. The van der Waals surface area contributed by atoms with E-state index in [0.29, 0.717) is 11.8 Å². The van der Waals surface area contributed by atoms with Crippen molar-refractivity contribution in [1.82, 2.24) is 10.2 Å². The normalized spacial score (nSPS) is 17.4. The highest BCUT2D eigenvalue weighted by Gasteiger charge is 2.19. The van der Waals surface area contributed by atoms with Crippen LogP contribution in [0.2, 0.25) is 5.15 Å². The summed E-state index contributed by atoms with van der Waals surface area (Å²) in [5.74, 6) is 1.66. The molecular formula is C12H18ClN3O. The maximum Gasteiger partial charge on any atom is 0.151 e. The molecular weight excluding hydrogens is 238 g/mol. The van der Waals surface area contributed by atoms with E-state index in [1.165, 1.54) is 12.8 Å². The Morgan fingerprint density at radius 3 is 2.65 bits per heavy atom. The first-order valence-corrected chi connectivity index (χ1v) is 6.52. The lowest BCUT2D eigenvalue weighted by molar-refractivity contribution is 0.261. The van der Waals surface area contributed by atoms with Crippen LogP contribution in [0, 0.1) is 5.92 Å². The van der Waals surface area contributed by atoms with E-state index in [1.807, 2.05) is 6.07 Å². The molecule has 1 saturated heterocycles. The molecule has 0 atom stereocenters. The minimum Gasteiger partial charge on any atom is -0.396 e. The summed E-state index contributed by atoms with van der Waals surface area (Å²) in [6.45, 7) is 2.35. The Kier molecular flexibility index (Phi) is 4.57. The van der Waals surface area contributed by atoms with Gasteiger partial charge in [-0.1, -0.05) is 11.6 Å². The number of piperidine rings is 1. The van der Waals surface area contributed by atoms with Crippen LogP contribution in [0.15, 0.2) is 12.1 Å². The summed E-state index contributed by atoms with van der Waals surface area (Å²) in [6, 6.07) is 3.70. The van der Waals surface area contributed by atoms with Crippen molar-refractivity contribution in [3.8, 4) is 0 Å². The number of hydrogen-bond acceptors (Lipinski definition) is 4. The molecule has 1 fully saturated rings. The quantitative estimate of drug-likeness (QED) is 0.895. The third-order valence-corrected chi connectivity index (χ3v) is 3.53. The Bertz CT molecular complexity index is 336. The lowest BCUT2D eigenvalue weighted by Gasteiger charge is -2.32. The molecule has 0 spiro atoms. The molecule has 1 aliphatic rings. The number of anilines is 1. The summed E-state index contributed by atoms with van der Waals surface area (Å²) < 4.78 is 0. The monoisotopic (exact) mass is 255 g/mol. The molecule has 1 aromatic heterocycles. The van der Waals surface area contributed by atoms with Crippen molar-refractivity contribution < 1.29 is 5.11 Å². The predicted molar refractivity (Wildman–Crippen MR) is 68.3 cm³/mol. The lowest BCUT2D eigenvalue weighted by atomic mass is 9.92. The highest BCUT2D eigenvalue weighted by atomic mass is 35.5. The summed E-state index contributed by atoms with van der Waals surface area (Å²) in [6.07, 6.45) is 4.40. The lowest BCUT2D eigenvalue weighted by Crippen LogP contribution is -2.34. The molecule has 2 heterocycles. The van der Waals surface area contributed by atoms with E-state index in [-0.39, 0.29) is 0 Å². The molecule has 1 aliphatic heterocycles. The first kappa shape index (κ1) is 12.6. The van der Waals surface area contributed by atoms with Gasteiger partial charge >= 0.3 is 0 Å². The third-order valence-electron chi connectivity index (χ3n) is 3.33. The van der Waals surface area contributed by atoms with Gasteiger partial charge in [0, 0.05) is 19.7 Å². The van der Waals surface area contributed by atoms with Crippen molar-refractivity contribution in [3.05, 3.63) is 17.3 Å². The average molecular weight is 256 g/mol. The fourth-order valence-corrected chi connectivity index (χ4v) is 2.41. The Morgan fingerprint density at radius 1 is 1.29 bits per heavy atom. The predicted octanol–water partition coefficient (Wildman–Crippen LogP) is 2.12. The van der Waals surface area contributed by atoms with Crippen molar-refractivity contribution in [2.75, 3.05) is 24.6 Å². The number of aliphatic hydroxyl groups excluding tert-OH is 1. The van der Waals surface area contributed by atoms with Crippen LogP contribution in [0.3, 0.4) is 0 Å². The zero-order valence-electron chi connectivity index (χ0n) is 9.85. The van der Waals surface area contributed by atoms with Crippen LogP contribution in [0.25, 0.3) is 0 Å². The van der Waals surface area contributed by atoms with Crippen LogP contribution in [0.5, 0.6) is 0 Å². The van der Waals surface area contributed by atoms with Gasteiger partial charge in [0.25, 0.3) is 0 Å². The minimum absolute atomic E-state index is 0.308. The maximum atomic E-state index is 8.81. The van der Waals surface area contributed by atoms with Crippen molar-refractivity contribution in [2.24, 2.45) is 5.92 Å². The number of hydrogen-bond donors (Lipinski definition) is 1. The van der Waals surface area contributed by atoms with E-state index < -0.39 is 0 Å². The van der Waals surface area contributed by atoms with Crippen molar-refractivity contribution in [3.63, 3.8) is 0 Å². The van der Waals surface area contributed by atoms with Crippen molar-refractivity contribution >= 4 is 17.4 Å². The third kappa shape index (κ3) is 3.54. The van der Waals surface area contributed by atoms with Gasteiger partial charge < -0.3 is 10.0 Å². The Morgan fingerprint density at radius 2 is 2.06 bits per heavy atom. The summed E-state index contributed by atoms with van der Waals surface area (Å²) in [4.78, 5) is 2.25. The zero-order chi connectivity index (χ0) is 12.1. The topological polar surface area (TPSA) is 49.2 Å². The van der Waals surface area contributed by atoms with Crippen LogP contribution < -0.4 is 4.90 Å². The highest BCUT2D eigenvalue weighted by Crippen LogP contribution is 2.24. The van der Waals surface area contributed by atoms with Crippen LogP contribution in [-0.2, 0) is 0 Å². The first-order valence-electron chi connectivity index (χ1n) is 6.14. The molecule has 0 aliphatic carbocycles. The molecule has 2 rings (SSSR count). The number of halogens is 1. The fraction of sp³-hybridized carbons (Fsp3) is 0.667. The number of aromatic nitrogens is 2. The van der Waals surface area contributed by atoms with E-state index in [9.17, 15) is 0 Å². The van der Waals surface area contributed by atoms with E-state index >= 15 is 0 Å². The van der Waals surface area contributed by atoms with Gasteiger partial charge in [0.15, 0.2) is 11.0 Å². The van der Waals surface area contributed by atoms with Crippen LogP contribution in [0.4, 0.5) is 5.82 Å². The van der Waals surface area contributed by atoms with Crippen LogP contribution in [-0.4, -0.2) is 35.0 Å². The molecule has 5 heteroatoms. The van der Waals surface area contributed by atoms with E-state index in [1.54, 1.807) is 6.07 Å². The highest BCUT2D eigenvalue weighted by molar-refractivity contribution is 6.29. The molecule has 0 aromatic carbocycles. The smallest absolute Gasteiger partial charge is 0.151 e. The second kappa shape index (κ2) is 6.17. The number of nitrogens with zero attached hydrogens (tertiary/aromatic N) is 3. The summed E-state index contributed by atoms with van der Waals surface area (Å²) in [5, 5.41) is 17.2. The molecule has 1 aromatic rings. The van der Waals surface area contributed by atoms with Crippen LogP contribution in [0.1, 0.15) is 25.7 Å². The van der Waals surface area contributed by atoms with Gasteiger partial charge in [0.05, 0.1) is 0 Å². The Labute approximate surface area is 107 Å². The Balaban J connectivity index is 1.84. The molecule has 0 unspecified atom stereocenters. The molecule has 17 heavy (non-hydrogen) atoms. The molecule has 0 saturated carbocycles. The second-order valence-corrected chi connectivity index (χ2v) is 4.90. The van der Waals surface area contributed by atoms with Gasteiger partial charge in [0.1, 0.15) is 0 Å². The van der Waals surface area contributed by atoms with Gasteiger partial charge in [-0.3, -0.25) is 0 Å². The summed E-state index contributed by atoms with van der Waals surface area (Å²) >= 11 is 5.72. The van der Waals surface area contributed by atoms with E-state index in [0.717, 1.165) is 37.7 Å². The van der Waals surface area contributed by atoms with Crippen molar-refractivity contribution in [2.45, 2.75) is 25.7 Å². The van der Waals surface area contributed by atoms with Gasteiger partial charge in [-0.15, -0.1) is 10.2 Å². The van der Waals surface area contributed by atoms with Gasteiger partial charge in [-0.25, -0.2) is 0 Å². The SMILES string of the molecule is OCCCC1CCN(c2ccc(Cl)nn2)CC1. The zero-order valence-corrected chi connectivity index (χ0v) is 10.6. The minimum atomic E-state index is 0.308. The molecule has 94 valence electrons. The average Bonchev–Trinajstić information content (AvgIpc) is 2.38. The number of aliphatic hydroxyl groups is 1. The maximum absolute atomic E-state index is 8.81. The summed E-state index contributed by atoms with van der Waals surface area (Å²) in [7, 11) is 0. The number of rotatable bonds is 4. The van der Waals surface area contributed by atoms with E-state index in [2.05, 4.69) is 15.1 Å². The first-order chi connectivity index (χ1) is 8.29. The van der Waals surface area contributed by atoms with Gasteiger partial charge in [-0.2, -0.15) is 0 Å².